The van der Waals surface area contributed by atoms with E-state index in [4.69, 9.17) is 16.3 Å². The molecule has 0 radical (unpaired) electrons. The lowest BCUT2D eigenvalue weighted by molar-refractivity contribution is 0.0118. The lowest BCUT2D eigenvalue weighted by Gasteiger charge is -2.24. The molecule has 0 saturated heterocycles. The van der Waals surface area contributed by atoms with Gasteiger partial charge in [-0.25, -0.2) is 0 Å². The van der Waals surface area contributed by atoms with Crippen molar-refractivity contribution in [2.24, 2.45) is 0 Å². The van der Waals surface area contributed by atoms with Gasteiger partial charge in [-0.3, -0.25) is 0 Å². The quantitative estimate of drug-likeness (QED) is 0.834. The van der Waals surface area contributed by atoms with E-state index in [1.165, 1.54) is 12.8 Å². The summed E-state index contributed by atoms with van der Waals surface area (Å²) in [6.07, 6.45) is 2.43. The molecule has 1 saturated carbocycles. The van der Waals surface area contributed by atoms with Crippen LogP contribution in [0.25, 0.3) is 0 Å². The molecule has 100 valence electrons. The molecule has 1 fully saturated rings. The van der Waals surface area contributed by atoms with Gasteiger partial charge < -0.3 is 15.2 Å². The van der Waals surface area contributed by atoms with Crippen LogP contribution >= 0.6 is 11.6 Å². The topological polar surface area (TPSA) is 41.5 Å². The van der Waals surface area contributed by atoms with Gasteiger partial charge in [0.25, 0.3) is 0 Å². The highest BCUT2D eigenvalue weighted by Crippen LogP contribution is 2.23. The number of nitrogens with one attached hydrogen (secondary N) is 1. The van der Waals surface area contributed by atoms with E-state index in [0.717, 1.165) is 11.3 Å². The molecular formula is C14H20ClNO2. The van der Waals surface area contributed by atoms with Gasteiger partial charge in [0.15, 0.2) is 0 Å². The van der Waals surface area contributed by atoms with Crippen LogP contribution in [0.2, 0.25) is 5.02 Å². The molecule has 0 aliphatic heterocycles. The zero-order valence-corrected chi connectivity index (χ0v) is 11.6. The third kappa shape index (κ3) is 4.16. The van der Waals surface area contributed by atoms with Crippen LogP contribution in [0.4, 0.5) is 0 Å². The molecule has 3 nitrogen and oxygen atoms in total. The number of rotatable bonds is 6. The van der Waals surface area contributed by atoms with Crippen molar-refractivity contribution < 1.29 is 9.84 Å². The Balaban J connectivity index is 1.84. The third-order valence-corrected chi connectivity index (χ3v) is 3.26. The van der Waals surface area contributed by atoms with Crippen molar-refractivity contribution in [3.8, 4) is 5.75 Å². The Hall–Kier alpha value is -0.770. The van der Waals surface area contributed by atoms with Crippen molar-refractivity contribution in [3.63, 3.8) is 0 Å². The number of aliphatic hydroxyl groups is 1. The van der Waals surface area contributed by atoms with Gasteiger partial charge in [0, 0.05) is 17.6 Å². The van der Waals surface area contributed by atoms with Crippen LogP contribution in [0, 0.1) is 6.92 Å². The van der Waals surface area contributed by atoms with Crippen molar-refractivity contribution in [2.45, 2.75) is 38.3 Å². The minimum atomic E-state index is -0.853. The van der Waals surface area contributed by atoms with E-state index in [1.807, 2.05) is 19.1 Å². The average molecular weight is 270 g/mol. The summed E-state index contributed by atoms with van der Waals surface area (Å²) in [4.78, 5) is 0. The van der Waals surface area contributed by atoms with Crippen molar-refractivity contribution in [3.05, 3.63) is 28.8 Å². The maximum atomic E-state index is 10.2. The minimum absolute atomic E-state index is 0.273. The summed E-state index contributed by atoms with van der Waals surface area (Å²) < 4.78 is 5.66. The van der Waals surface area contributed by atoms with Crippen molar-refractivity contribution >= 4 is 11.6 Å². The van der Waals surface area contributed by atoms with Crippen LogP contribution < -0.4 is 10.1 Å². The zero-order chi connectivity index (χ0) is 13.2. The molecule has 0 bridgehead atoms. The van der Waals surface area contributed by atoms with Gasteiger partial charge in [0.05, 0.1) is 0 Å². The van der Waals surface area contributed by atoms with E-state index in [9.17, 15) is 5.11 Å². The molecule has 18 heavy (non-hydrogen) atoms. The fourth-order valence-corrected chi connectivity index (χ4v) is 1.94. The molecule has 2 N–H and O–H groups in total. The minimum Gasteiger partial charge on any atom is -0.490 e. The van der Waals surface area contributed by atoms with Gasteiger partial charge in [-0.05, 0) is 50.5 Å². The summed E-state index contributed by atoms with van der Waals surface area (Å²) in [6, 6.07) is 6.07. The second-order valence-corrected chi connectivity index (χ2v) is 5.79. The molecule has 1 aliphatic rings. The van der Waals surface area contributed by atoms with Gasteiger partial charge >= 0.3 is 0 Å². The SMILES string of the molecule is Cc1cc(Cl)ccc1OCC(C)(O)CNC1CC1. The molecule has 0 spiro atoms. The predicted molar refractivity (Wildman–Crippen MR) is 73.3 cm³/mol. The van der Waals surface area contributed by atoms with E-state index >= 15 is 0 Å². The van der Waals surface area contributed by atoms with E-state index in [1.54, 1.807) is 13.0 Å². The second kappa shape index (κ2) is 5.47. The monoisotopic (exact) mass is 269 g/mol. The number of benzene rings is 1. The fraction of sp³-hybridized carbons (Fsp3) is 0.571. The van der Waals surface area contributed by atoms with Gasteiger partial charge in [0.2, 0.25) is 0 Å². The lowest BCUT2D eigenvalue weighted by Crippen LogP contribution is -2.43. The Morgan fingerprint density at radius 2 is 2.22 bits per heavy atom. The molecule has 1 aromatic carbocycles. The summed E-state index contributed by atoms with van der Waals surface area (Å²) in [5.41, 5.74) is 0.128. The first kappa shape index (κ1) is 13.7. The lowest BCUT2D eigenvalue weighted by atomic mass is 10.1. The van der Waals surface area contributed by atoms with Crippen LogP contribution in [0.15, 0.2) is 18.2 Å². The van der Waals surface area contributed by atoms with E-state index in [-0.39, 0.29) is 6.61 Å². The maximum Gasteiger partial charge on any atom is 0.122 e. The number of halogens is 1. The predicted octanol–water partition coefficient (Wildman–Crippen LogP) is 2.53. The highest BCUT2D eigenvalue weighted by molar-refractivity contribution is 6.30. The molecule has 1 aromatic rings. The third-order valence-electron chi connectivity index (χ3n) is 3.02. The first-order valence-electron chi connectivity index (χ1n) is 6.31. The molecule has 0 amide bonds. The summed E-state index contributed by atoms with van der Waals surface area (Å²) >= 11 is 5.88. The Morgan fingerprint density at radius 1 is 1.50 bits per heavy atom. The molecule has 1 aliphatic carbocycles. The fourth-order valence-electron chi connectivity index (χ4n) is 1.71. The van der Waals surface area contributed by atoms with Crippen LogP contribution in [-0.4, -0.2) is 29.9 Å². The highest BCUT2D eigenvalue weighted by atomic mass is 35.5. The van der Waals surface area contributed by atoms with Crippen molar-refractivity contribution in [2.75, 3.05) is 13.2 Å². The van der Waals surface area contributed by atoms with Crippen molar-refractivity contribution in [1.29, 1.82) is 0 Å². The Labute approximate surface area is 113 Å². The summed E-state index contributed by atoms with van der Waals surface area (Å²) in [5, 5.41) is 14.2. The van der Waals surface area contributed by atoms with Gasteiger partial charge in [-0.15, -0.1) is 0 Å². The van der Waals surface area contributed by atoms with Crippen LogP contribution in [0.5, 0.6) is 5.75 Å². The Kier molecular flexibility index (Phi) is 4.15. The van der Waals surface area contributed by atoms with Gasteiger partial charge in [-0.1, -0.05) is 11.6 Å². The molecule has 1 unspecified atom stereocenters. The molecule has 2 rings (SSSR count). The van der Waals surface area contributed by atoms with Crippen LogP contribution in [0.1, 0.15) is 25.3 Å². The largest absolute Gasteiger partial charge is 0.490 e. The number of hydrogen-bond acceptors (Lipinski definition) is 3. The number of hydrogen-bond donors (Lipinski definition) is 2. The Bertz CT molecular complexity index is 416. The number of ether oxygens (including phenoxy) is 1. The van der Waals surface area contributed by atoms with Crippen LogP contribution in [0.3, 0.4) is 0 Å². The van der Waals surface area contributed by atoms with Gasteiger partial charge in [-0.2, -0.15) is 0 Å². The second-order valence-electron chi connectivity index (χ2n) is 5.35. The molecular weight excluding hydrogens is 250 g/mol. The molecule has 0 aromatic heterocycles. The normalized spacial score (nSPS) is 18.4. The first-order chi connectivity index (χ1) is 8.46. The van der Waals surface area contributed by atoms with Gasteiger partial charge in [0.1, 0.15) is 18.0 Å². The Morgan fingerprint density at radius 3 is 2.83 bits per heavy atom. The molecule has 4 heteroatoms. The van der Waals surface area contributed by atoms with Crippen LogP contribution in [-0.2, 0) is 0 Å². The summed E-state index contributed by atoms with van der Waals surface area (Å²) in [6.45, 7) is 4.56. The average Bonchev–Trinajstić information content (AvgIpc) is 3.09. The molecule has 0 heterocycles. The van der Waals surface area contributed by atoms with E-state index in [0.29, 0.717) is 17.6 Å². The van der Waals surface area contributed by atoms with E-state index < -0.39 is 5.60 Å². The standard InChI is InChI=1S/C14H20ClNO2/c1-10-7-11(15)3-6-13(10)18-9-14(2,17)8-16-12-4-5-12/h3,6-7,12,16-17H,4-5,8-9H2,1-2H3. The van der Waals surface area contributed by atoms with E-state index in [2.05, 4.69) is 5.32 Å². The zero-order valence-electron chi connectivity index (χ0n) is 10.9. The summed E-state index contributed by atoms with van der Waals surface area (Å²) in [7, 11) is 0. The summed E-state index contributed by atoms with van der Waals surface area (Å²) in [5.74, 6) is 0.770. The maximum absolute atomic E-state index is 10.2. The van der Waals surface area contributed by atoms with Crippen molar-refractivity contribution in [1.82, 2.24) is 5.32 Å². The smallest absolute Gasteiger partial charge is 0.122 e. The molecule has 1 atom stereocenters. The first-order valence-corrected chi connectivity index (χ1v) is 6.69. The highest BCUT2D eigenvalue weighted by Gasteiger charge is 2.27. The number of aryl methyl sites for hydroxylation is 1.